The van der Waals surface area contributed by atoms with Crippen LogP contribution in [-0.4, -0.2) is 55.5 Å². The number of hydrogen-bond acceptors (Lipinski definition) is 4. The number of carbonyl (C=O) groups excluding carboxylic acids is 1. The highest BCUT2D eigenvalue weighted by atomic mass is 16.7. The first kappa shape index (κ1) is 12.8. The van der Waals surface area contributed by atoms with Crippen molar-refractivity contribution in [3.05, 3.63) is 0 Å². The summed E-state index contributed by atoms with van der Waals surface area (Å²) < 4.78 is 11.4. The maximum Gasteiger partial charge on any atom is 0.237 e. The molecular weight excluding hydrogens is 220 g/mol. The Morgan fingerprint density at radius 2 is 2.18 bits per heavy atom. The number of amides is 1. The fourth-order valence-electron chi connectivity index (χ4n) is 2.57. The number of likely N-dealkylation sites (N-methyl/N-ethyl adjacent to an activating group) is 1. The van der Waals surface area contributed by atoms with Crippen LogP contribution in [0.4, 0.5) is 0 Å². The molecular formula is C12H22N2O3. The third kappa shape index (κ3) is 2.78. The number of likely N-dealkylation sites (tertiary alicyclic amines) is 1. The van der Waals surface area contributed by atoms with Crippen molar-refractivity contribution in [3.8, 4) is 0 Å². The normalized spacial score (nSPS) is 26.0. The van der Waals surface area contributed by atoms with Crippen molar-refractivity contribution in [2.75, 3.05) is 32.8 Å². The van der Waals surface area contributed by atoms with Crippen molar-refractivity contribution < 1.29 is 14.3 Å². The largest absolute Gasteiger partial charge is 0.355 e. The summed E-state index contributed by atoms with van der Waals surface area (Å²) in [6.45, 7) is 7.53. The zero-order chi connectivity index (χ0) is 12.3. The minimum Gasteiger partial charge on any atom is -0.355 e. The van der Waals surface area contributed by atoms with Gasteiger partial charge in [0, 0.05) is 13.0 Å². The lowest BCUT2D eigenvalue weighted by atomic mass is 10.0. The second-order valence-corrected chi connectivity index (χ2v) is 4.75. The molecule has 2 aliphatic rings. The lowest BCUT2D eigenvalue weighted by Crippen LogP contribution is -2.55. The van der Waals surface area contributed by atoms with Crippen LogP contribution in [0.2, 0.25) is 0 Å². The number of nitrogens with zero attached hydrogens (tertiary/aromatic N) is 1. The SMILES string of the molecule is CCNC(=O)C(C)N1CCCC2(C1)OCCO2. The maximum absolute atomic E-state index is 11.8. The lowest BCUT2D eigenvalue weighted by molar-refractivity contribution is -0.193. The van der Waals surface area contributed by atoms with Gasteiger partial charge in [0.15, 0.2) is 5.79 Å². The summed E-state index contributed by atoms with van der Waals surface area (Å²) in [6.07, 6.45) is 1.95. The fourth-order valence-corrected chi connectivity index (χ4v) is 2.57. The summed E-state index contributed by atoms with van der Waals surface area (Å²) >= 11 is 0. The minimum absolute atomic E-state index is 0.0857. The summed E-state index contributed by atoms with van der Waals surface area (Å²) in [5.74, 6) is -0.360. The smallest absolute Gasteiger partial charge is 0.237 e. The Labute approximate surface area is 102 Å². The van der Waals surface area contributed by atoms with Gasteiger partial charge >= 0.3 is 0 Å². The summed E-state index contributed by atoms with van der Waals surface area (Å²) in [4.78, 5) is 14.0. The van der Waals surface area contributed by atoms with E-state index in [-0.39, 0.29) is 11.9 Å². The Morgan fingerprint density at radius 3 is 2.82 bits per heavy atom. The van der Waals surface area contributed by atoms with E-state index in [1.54, 1.807) is 0 Å². The van der Waals surface area contributed by atoms with Crippen LogP contribution in [0.1, 0.15) is 26.7 Å². The van der Waals surface area contributed by atoms with Gasteiger partial charge in [0.2, 0.25) is 5.91 Å². The Balaban J connectivity index is 1.94. The first-order valence-corrected chi connectivity index (χ1v) is 6.46. The molecule has 17 heavy (non-hydrogen) atoms. The Morgan fingerprint density at radius 1 is 1.47 bits per heavy atom. The van der Waals surface area contributed by atoms with Crippen LogP contribution in [0.25, 0.3) is 0 Å². The molecule has 2 aliphatic heterocycles. The lowest BCUT2D eigenvalue weighted by Gasteiger charge is -2.40. The van der Waals surface area contributed by atoms with Gasteiger partial charge in [-0.2, -0.15) is 0 Å². The van der Waals surface area contributed by atoms with Crippen LogP contribution in [-0.2, 0) is 14.3 Å². The summed E-state index contributed by atoms with van der Waals surface area (Å²) in [6, 6.07) is -0.111. The monoisotopic (exact) mass is 242 g/mol. The van der Waals surface area contributed by atoms with E-state index in [9.17, 15) is 4.79 Å². The highest BCUT2D eigenvalue weighted by Crippen LogP contribution is 2.30. The zero-order valence-electron chi connectivity index (χ0n) is 10.7. The van der Waals surface area contributed by atoms with E-state index >= 15 is 0 Å². The molecule has 0 aliphatic carbocycles. The van der Waals surface area contributed by atoms with Crippen LogP contribution < -0.4 is 5.32 Å². The molecule has 5 nitrogen and oxygen atoms in total. The number of carbonyl (C=O) groups is 1. The second kappa shape index (κ2) is 5.33. The molecule has 0 bridgehead atoms. The summed E-state index contributed by atoms with van der Waals surface area (Å²) in [7, 11) is 0. The van der Waals surface area contributed by atoms with E-state index in [2.05, 4.69) is 10.2 Å². The van der Waals surface area contributed by atoms with Gasteiger partial charge in [0.1, 0.15) is 0 Å². The van der Waals surface area contributed by atoms with Crippen molar-refractivity contribution >= 4 is 5.91 Å². The molecule has 0 radical (unpaired) electrons. The second-order valence-electron chi connectivity index (χ2n) is 4.75. The molecule has 98 valence electrons. The quantitative estimate of drug-likeness (QED) is 0.776. The Kier molecular flexibility index (Phi) is 4.01. The molecule has 1 unspecified atom stereocenters. The predicted octanol–water partition coefficient (Wildman–Crippen LogP) is 0.350. The first-order valence-electron chi connectivity index (χ1n) is 6.46. The van der Waals surface area contributed by atoms with Gasteiger partial charge in [-0.25, -0.2) is 0 Å². The zero-order valence-corrected chi connectivity index (χ0v) is 10.7. The molecule has 2 rings (SSSR count). The van der Waals surface area contributed by atoms with Crippen LogP contribution in [0.15, 0.2) is 0 Å². The molecule has 2 fully saturated rings. The van der Waals surface area contributed by atoms with Gasteiger partial charge in [0.25, 0.3) is 0 Å². The third-order valence-electron chi connectivity index (χ3n) is 3.54. The van der Waals surface area contributed by atoms with Crippen LogP contribution in [0.5, 0.6) is 0 Å². The number of piperidine rings is 1. The number of ether oxygens (including phenoxy) is 2. The molecule has 1 N–H and O–H groups in total. The third-order valence-corrected chi connectivity index (χ3v) is 3.54. The van der Waals surface area contributed by atoms with Gasteiger partial charge in [-0.05, 0) is 26.8 Å². The standard InChI is InChI=1S/C12H22N2O3/c1-3-13-11(15)10(2)14-6-4-5-12(9-14)16-7-8-17-12/h10H,3-9H2,1-2H3,(H,13,15). The van der Waals surface area contributed by atoms with E-state index in [1.165, 1.54) is 0 Å². The molecule has 1 atom stereocenters. The van der Waals surface area contributed by atoms with E-state index in [4.69, 9.17) is 9.47 Å². The first-order chi connectivity index (χ1) is 8.17. The fraction of sp³-hybridized carbons (Fsp3) is 0.917. The van der Waals surface area contributed by atoms with Crippen molar-refractivity contribution in [2.24, 2.45) is 0 Å². The van der Waals surface area contributed by atoms with Gasteiger partial charge in [-0.3, -0.25) is 9.69 Å². The van der Waals surface area contributed by atoms with Crippen LogP contribution in [0.3, 0.4) is 0 Å². The molecule has 0 saturated carbocycles. The highest BCUT2D eigenvalue weighted by molar-refractivity contribution is 5.81. The molecule has 5 heteroatoms. The van der Waals surface area contributed by atoms with Gasteiger partial charge in [0.05, 0.1) is 25.8 Å². The average Bonchev–Trinajstić information content (AvgIpc) is 2.76. The predicted molar refractivity (Wildman–Crippen MR) is 63.6 cm³/mol. The van der Waals surface area contributed by atoms with Crippen molar-refractivity contribution in [3.63, 3.8) is 0 Å². The number of rotatable bonds is 3. The topological polar surface area (TPSA) is 50.8 Å². The Hall–Kier alpha value is -0.650. The maximum atomic E-state index is 11.8. The van der Waals surface area contributed by atoms with E-state index in [0.29, 0.717) is 26.3 Å². The van der Waals surface area contributed by atoms with Crippen molar-refractivity contribution in [1.29, 1.82) is 0 Å². The number of hydrogen-bond donors (Lipinski definition) is 1. The average molecular weight is 242 g/mol. The molecule has 1 spiro atoms. The molecule has 0 aromatic heterocycles. The van der Waals surface area contributed by atoms with Gasteiger partial charge in [-0.1, -0.05) is 0 Å². The van der Waals surface area contributed by atoms with Crippen molar-refractivity contribution in [1.82, 2.24) is 10.2 Å². The number of nitrogens with one attached hydrogen (secondary N) is 1. The minimum atomic E-state index is -0.445. The molecule has 1 amide bonds. The molecule has 0 aromatic rings. The Bertz CT molecular complexity index is 277. The van der Waals surface area contributed by atoms with E-state index in [1.807, 2.05) is 13.8 Å². The van der Waals surface area contributed by atoms with Crippen molar-refractivity contribution in [2.45, 2.75) is 38.5 Å². The van der Waals surface area contributed by atoms with E-state index < -0.39 is 5.79 Å². The molecule has 2 heterocycles. The van der Waals surface area contributed by atoms with Gasteiger partial charge in [-0.15, -0.1) is 0 Å². The molecule has 0 aromatic carbocycles. The molecule has 2 saturated heterocycles. The summed E-state index contributed by atoms with van der Waals surface area (Å²) in [5.41, 5.74) is 0. The van der Waals surface area contributed by atoms with E-state index in [0.717, 1.165) is 19.4 Å². The van der Waals surface area contributed by atoms with Gasteiger partial charge < -0.3 is 14.8 Å². The highest BCUT2D eigenvalue weighted by Gasteiger charge is 2.42. The van der Waals surface area contributed by atoms with Crippen LogP contribution in [0, 0.1) is 0 Å². The summed E-state index contributed by atoms with van der Waals surface area (Å²) in [5, 5.41) is 2.86. The van der Waals surface area contributed by atoms with Crippen LogP contribution >= 0.6 is 0 Å².